The molecule has 0 radical (unpaired) electrons. The summed E-state index contributed by atoms with van der Waals surface area (Å²) in [7, 11) is 1.95. The monoisotopic (exact) mass is 269 g/mol. The fourth-order valence-electron chi connectivity index (χ4n) is 2.43. The van der Waals surface area contributed by atoms with Crippen LogP contribution in [-0.4, -0.2) is 43.1 Å². The number of likely N-dealkylation sites (N-methyl/N-ethyl adjacent to an activating group) is 1. The van der Waals surface area contributed by atoms with Crippen molar-refractivity contribution in [2.45, 2.75) is 44.8 Å². The van der Waals surface area contributed by atoms with Crippen molar-refractivity contribution in [2.24, 2.45) is 0 Å². The van der Waals surface area contributed by atoms with E-state index in [2.05, 4.69) is 22.4 Å². The Kier molecular flexibility index (Phi) is 5.30. The first kappa shape index (κ1) is 14.4. The quantitative estimate of drug-likeness (QED) is 0.847. The first-order valence-corrected chi connectivity index (χ1v) is 7.00. The minimum Gasteiger partial charge on any atom is -0.381 e. The van der Waals surface area contributed by atoms with E-state index >= 15 is 0 Å². The SMILES string of the molecule is CCOC(CC)c1noc(C2COCCC2NC)n1. The predicted octanol–water partition coefficient (Wildman–Crippen LogP) is 1.65. The van der Waals surface area contributed by atoms with Crippen molar-refractivity contribution in [3.8, 4) is 0 Å². The van der Waals surface area contributed by atoms with E-state index in [9.17, 15) is 0 Å². The van der Waals surface area contributed by atoms with Crippen LogP contribution in [0.5, 0.6) is 0 Å². The van der Waals surface area contributed by atoms with Crippen LogP contribution in [0.1, 0.15) is 50.4 Å². The summed E-state index contributed by atoms with van der Waals surface area (Å²) in [4.78, 5) is 4.50. The lowest BCUT2D eigenvalue weighted by molar-refractivity contribution is 0.0509. The van der Waals surface area contributed by atoms with Crippen LogP contribution in [0.15, 0.2) is 4.52 Å². The third-order valence-corrected chi connectivity index (χ3v) is 3.53. The first-order valence-electron chi connectivity index (χ1n) is 7.00. The fourth-order valence-corrected chi connectivity index (χ4v) is 2.43. The Morgan fingerprint density at radius 1 is 1.47 bits per heavy atom. The Hall–Kier alpha value is -0.980. The maximum Gasteiger partial charge on any atom is 0.233 e. The van der Waals surface area contributed by atoms with Crippen LogP contribution in [-0.2, 0) is 9.47 Å². The van der Waals surface area contributed by atoms with Gasteiger partial charge in [-0.2, -0.15) is 4.98 Å². The van der Waals surface area contributed by atoms with Gasteiger partial charge in [-0.05, 0) is 26.8 Å². The Morgan fingerprint density at radius 3 is 3.00 bits per heavy atom. The highest BCUT2D eigenvalue weighted by Gasteiger charge is 2.31. The molecule has 0 bridgehead atoms. The molecule has 0 spiro atoms. The molecule has 0 aliphatic carbocycles. The van der Waals surface area contributed by atoms with E-state index in [0.717, 1.165) is 19.4 Å². The number of nitrogens with zero attached hydrogens (tertiary/aromatic N) is 2. The van der Waals surface area contributed by atoms with E-state index in [4.69, 9.17) is 14.0 Å². The van der Waals surface area contributed by atoms with Gasteiger partial charge in [-0.25, -0.2) is 0 Å². The van der Waals surface area contributed by atoms with Gasteiger partial charge in [-0.1, -0.05) is 12.1 Å². The van der Waals surface area contributed by atoms with Crippen molar-refractivity contribution in [3.63, 3.8) is 0 Å². The van der Waals surface area contributed by atoms with Gasteiger partial charge in [0.1, 0.15) is 6.10 Å². The molecule has 2 rings (SSSR count). The van der Waals surface area contributed by atoms with Crippen molar-refractivity contribution >= 4 is 0 Å². The number of nitrogens with one attached hydrogen (secondary N) is 1. The molecule has 0 amide bonds. The number of hydrogen-bond acceptors (Lipinski definition) is 6. The fraction of sp³-hybridized carbons (Fsp3) is 0.846. The summed E-state index contributed by atoms with van der Waals surface area (Å²) < 4.78 is 16.5. The maximum absolute atomic E-state index is 5.60. The Morgan fingerprint density at radius 2 is 2.32 bits per heavy atom. The molecule has 6 nitrogen and oxygen atoms in total. The molecule has 1 aliphatic rings. The van der Waals surface area contributed by atoms with E-state index in [-0.39, 0.29) is 12.0 Å². The van der Waals surface area contributed by atoms with Gasteiger partial charge in [0, 0.05) is 19.3 Å². The van der Waals surface area contributed by atoms with Crippen LogP contribution >= 0.6 is 0 Å². The molecule has 6 heteroatoms. The molecule has 1 saturated heterocycles. The second kappa shape index (κ2) is 6.98. The summed E-state index contributed by atoms with van der Waals surface area (Å²) in [5.74, 6) is 1.41. The topological polar surface area (TPSA) is 69.4 Å². The molecule has 1 aliphatic heterocycles. The van der Waals surface area contributed by atoms with E-state index in [1.807, 2.05) is 14.0 Å². The first-order chi connectivity index (χ1) is 9.30. The highest BCUT2D eigenvalue weighted by atomic mass is 16.5. The number of hydrogen-bond donors (Lipinski definition) is 1. The molecule has 108 valence electrons. The van der Waals surface area contributed by atoms with Gasteiger partial charge in [-0.3, -0.25) is 0 Å². The minimum absolute atomic E-state index is 0.0833. The highest BCUT2D eigenvalue weighted by Crippen LogP contribution is 2.26. The standard InChI is InChI=1S/C13H23N3O3/c1-4-11(18-5-2)12-15-13(19-16-12)9-8-17-7-6-10(9)14-3/h9-11,14H,4-8H2,1-3H3. The molecular formula is C13H23N3O3. The maximum atomic E-state index is 5.60. The predicted molar refractivity (Wildman–Crippen MR) is 70.0 cm³/mol. The Bertz CT molecular complexity index is 383. The number of aromatic nitrogens is 2. The summed E-state index contributed by atoms with van der Waals surface area (Å²) in [6, 6.07) is 0.328. The summed E-state index contributed by atoms with van der Waals surface area (Å²) in [5.41, 5.74) is 0. The molecule has 1 fully saturated rings. The van der Waals surface area contributed by atoms with Gasteiger partial charge in [0.15, 0.2) is 0 Å². The third kappa shape index (κ3) is 3.32. The average Bonchev–Trinajstić information content (AvgIpc) is 2.94. The van der Waals surface area contributed by atoms with Gasteiger partial charge in [0.25, 0.3) is 0 Å². The van der Waals surface area contributed by atoms with Crippen molar-refractivity contribution in [3.05, 3.63) is 11.7 Å². The number of rotatable bonds is 6. The molecule has 1 aromatic heterocycles. The molecule has 1 N–H and O–H groups in total. The van der Waals surface area contributed by atoms with Crippen LogP contribution in [0, 0.1) is 0 Å². The van der Waals surface area contributed by atoms with E-state index in [1.165, 1.54) is 0 Å². The normalized spacial score (nSPS) is 25.4. The lowest BCUT2D eigenvalue weighted by Crippen LogP contribution is -2.39. The van der Waals surface area contributed by atoms with Gasteiger partial charge in [0.2, 0.25) is 11.7 Å². The second-order valence-electron chi connectivity index (χ2n) is 4.71. The minimum atomic E-state index is -0.0833. The zero-order valence-corrected chi connectivity index (χ0v) is 11.9. The second-order valence-corrected chi connectivity index (χ2v) is 4.71. The number of ether oxygens (including phenoxy) is 2. The van der Waals surface area contributed by atoms with Crippen LogP contribution in [0.3, 0.4) is 0 Å². The van der Waals surface area contributed by atoms with Gasteiger partial charge >= 0.3 is 0 Å². The van der Waals surface area contributed by atoms with Gasteiger partial charge < -0.3 is 19.3 Å². The van der Waals surface area contributed by atoms with Crippen molar-refractivity contribution in [2.75, 3.05) is 26.9 Å². The van der Waals surface area contributed by atoms with E-state index in [0.29, 0.717) is 31.0 Å². The van der Waals surface area contributed by atoms with Crippen molar-refractivity contribution < 1.29 is 14.0 Å². The van der Waals surface area contributed by atoms with Gasteiger partial charge in [0.05, 0.1) is 12.5 Å². The molecule has 2 heterocycles. The molecule has 0 aromatic carbocycles. The molecule has 1 aromatic rings. The lowest BCUT2D eigenvalue weighted by atomic mass is 9.96. The van der Waals surface area contributed by atoms with Crippen molar-refractivity contribution in [1.29, 1.82) is 0 Å². The Balaban J connectivity index is 2.10. The van der Waals surface area contributed by atoms with Crippen LogP contribution in [0.25, 0.3) is 0 Å². The zero-order valence-electron chi connectivity index (χ0n) is 11.9. The molecule has 0 saturated carbocycles. The van der Waals surface area contributed by atoms with Crippen LogP contribution in [0.4, 0.5) is 0 Å². The van der Waals surface area contributed by atoms with Gasteiger partial charge in [-0.15, -0.1) is 0 Å². The molecular weight excluding hydrogens is 246 g/mol. The van der Waals surface area contributed by atoms with Crippen LogP contribution in [0.2, 0.25) is 0 Å². The van der Waals surface area contributed by atoms with E-state index in [1.54, 1.807) is 0 Å². The summed E-state index contributed by atoms with van der Waals surface area (Å²) in [5, 5.41) is 7.35. The van der Waals surface area contributed by atoms with Crippen LogP contribution < -0.4 is 5.32 Å². The molecule has 3 atom stereocenters. The molecule has 3 unspecified atom stereocenters. The van der Waals surface area contributed by atoms with Crippen molar-refractivity contribution in [1.82, 2.24) is 15.5 Å². The Labute approximate surface area is 113 Å². The largest absolute Gasteiger partial charge is 0.381 e. The average molecular weight is 269 g/mol. The summed E-state index contributed by atoms with van der Waals surface area (Å²) >= 11 is 0. The van der Waals surface area contributed by atoms with E-state index < -0.39 is 0 Å². The summed E-state index contributed by atoms with van der Waals surface area (Å²) in [6.45, 7) is 6.07. The third-order valence-electron chi connectivity index (χ3n) is 3.53. The summed E-state index contributed by atoms with van der Waals surface area (Å²) in [6.07, 6.45) is 1.71. The lowest BCUT2D eigenvalue weighted by Gasteiger charge is -2.28. The smallest absolute Gasteiger partial charge is 0.233 e. The highest BCUT2D eigenvalue weighted by molar-refractivity contribution is 5.02. The molecule has 19 heavy (non-hydrogen) atoms. The zero-order chi connectivity index (χ0) is 13.7.